The summed E-state index contributed by atoms with van der Waals surface area (Å²) in [5.41, 5.74) is -1.66. The number of aromatic amines is 1. The quantitative estimate of drug-likeness (QED) is 0.688. The third kappa shape index (κ3) is 1.46. The molecule has 0 aliphatic carbocycles. The number of fused-ring (bicyclic) bond motifs is 1. The Morgan fingerprint density at radius 2 is 1.81 bits per heavy atom. The number of aryl methyl sites for hydroxylation is 1. The maximum atomic E-state index is 11.6. The first kappa shape index (κ1) is 10.4. The average Bonchev–Trinajstić information content (AvgIpc) is 2.37. The number of hydrogen-bond acceptors (Lipinski definition) is 3. The smallest absolute Gasteiger partial charge is 0.304 e. The van der Waals surface area contributed by atoms with Gasteiger partial charge in [0.1, 0.15) is 0 Å². The third-order valence-electron chi connectivity index (χ3n) is 2.42. The van der Waals surface area contributed by atoms with Crippen molar-refractivity contribution in [1.82, 2.24) is 9.55 Å². The van der Waals surface area contributed by atoms with Crippen LogP contribution in [0.3, 0.4) is 0 Å². The van der Waals surface area contributed by atoms with Crippen molar-refractivity contribution in [3.63, 3.8) is 0 Å². The van der Waals surface area contributed by atoms with Crippen LogP contribution in [0.1, 0.15) is 6.92 Å². The summed E-state index contributed by atoms with van der Waals surface area (Å²) in [6, 6.07) is 6.64. The third-order valence-corrected chi connectivity index (χ3v) is 2.42. The van der Waals surface area contributed by atoms with Crippen molar-refractivity contribution in [3.05, 3.63) is 55.3 Å². The molecule has 5 nitrogen and oxygen atoms in total. The number of nitrogens with one attached hydrogen (secondary N) is 1. The Balaban J connectivity index is 3.24. The largest absolute Gasteiger partial charge is 0.316 e. The summed E-state index contributed by atoms with van der Waals surface area (Å²) in [6.45, 7) is 2.09. The Labute approximate surface area is 90.0 Å². The van der Waals surface area contributed by atoms with E-state index >= 15 is 0 Å². The maximum absolute atomic E-state index is 11.6. The zero-order valence-corrected chi connectivity index (χ0v) is 8.69. The summed E-state index contributed by atoms with van der Waals surface area (Å²) < 4.78 is 1.29. The molecule has 16 heavy (non-hydrogen) atoms. The molecular formula is C11H10N2O3. The van der Waals surface area contributed by atoms with Gasteiger partial charge < -0.3 is 4.57 Å². The number of hydrogen-bond donors (Lipinski definition) is 1. The maximum Gasteiger partial charge on any atom is 0.316 e. The predicted molar refractivity (Wildman–Crippen MR) is 60.8 cm³/mol. The van der Waals surface area contributed by atoms with Crippen molar-refractivity contribution in [3.8, 4) is 0 Å². The van der Waals surface area contributed by atoms with E-state index in [1.165, 1.54) is 4.57 Å². The number of benzene rings is 1. The molecule has 1 aromatic carbocycles. The summed E-state index contributed by atoms with van der Waals surface area (Å²) in [7, 11) is 0. The summed E-state index contributed by atoms with van der Waals surface area (Å²) in [5.74, 6) is 0. The van der Waals surface area contributed by atoms with E-state index in [2.05, 4.69) is 0 Å². The first-order valence-corrected chi connectivity index (χ1v) is 4.91. The zero-order chi connectivity index (χ0) is 11.7. The Hall–Kier alpha value is -2.17. The standard InChI is InChI=1S/C11H10N2O3/c1-2-13-8-6-4-3-5-7(8)9(14)12-10(15)11(13)16/h3-6H,2H2,1H3,(H,12,14,15). The molecule has 0 aliphatic heterocycles. The summed E-state index contributed by atoms with van der Waals surface area (Å²) in [5, 5.41) is 0.337. The van der Waals surface area contributed by atoms with Crippen molar-refractivity contribution in [2.75, 3.05) is 0 Å². The lowest BCUT2D eigenvalue weighted by Crippen LogP contribution is -2.34. The lowest BCUT2D eigenvalue weighted by atomic mass is 10.2. The summed E-state index contributed by atoms with van der Waals surface area (Å²) in [4.78, 5) is 36.6. The number of H-pyrrole nitrogens is 1. The normalized spacial score (nSPS) is 10.6. The average molecular weight is 218 g/mol. The minimum absolute atomic E-state index is 0.337. The molecular weight excluding hydrogens is 208 g/mol. The van der Waals surface area contributed by atoms with Crippen molar-refractivity contribution >= 4 is 10.9 Å². The second-order valence-corrected chi connectivity index (χ2v) is 3.35. The van der Waals surface area contributed by atoms with Gasteiger partial charge in [-0.3, -0.25) is 19.4 Å². The van der Waals surface area contributed by atoms with Gasteiger partial charge in [-0.15, -0.1) is 0 Å². The van der Waals surface area contributed by atoms with E-state index in [9.17, 15) is 14.4 Å². The highest BCUT2D eigenvalue weighted by Crippen LogP contribution is 2.04. The van der Waals surface area contributed by atoms with Crippen molar-refractivity contribution < 1.29 is 0 Å². The molecule has 0 saturated carbocycles. The van der Waals surface area contributed by atoms with Gasteiger partial charge in [0.2, 0.25) is 0 Å². The molecule has 82 valence electrons. The van der Waals surface area contributed by atoms with E-state index < -0.39 is 16.7 Å². The molecule has 2 rings (SSSR count). The Bertz CT molecular complexity index is 713. The summed E-state index contributed by atoms with van der Waals surface area (Å²) in [6.07, 6.45) is 0. The molecule has 0 amide bonds. The molecule has 1 aromatic heterocycles. The van der Waals surface area contributed by atoms with Crippen LogP contribution in [0.5, 0.6) is 0 Å². The molecule has 1 N–H and O–H groups in total. The van der Waals surface area contributed by atoms with Gasteiger partial charge in [0.25, 0.3) is 5.56 Å². The van der Waals surface area contributed by atoms with Crippen LogP contribution in [0.4, 0.5) is 0 Å². The highest BCUT2D eigenvalue weighted by Gasteiger charge is 2.05. The van der Waals surface area contributed by atoms with Gasteiger partial charge in [0.05, 0.1) is 10.9 Å². The number of nitrogens with zero attached hydrogens (tertiary/aromatic N) is 1. The van der Waals surface area contributed by atoms with Crippen LogP contribution < -0.4 is 16.7 Å². The molecule has 0 saturated heterocycles. The van der Waals surface area contributed by atoms with Crippen LogP contribution in [-0.2, 0) is 6.54 Å². The molecule has 0 unspecified atom stereocenters. The number of aromatic nitrogens is 2. The van der Waals surface area contributed by atoms with Crippen LogP contribution in [0.25, 0.3) is 10.9 Å². The first-order chi connectivity index (χ1) is 7.65. The fourth-order valence-corrected chi connectivity index (χ4v) is 1.67. The van der Waals surface area contributed by atoms with Gasteiger partial charge in [0.15, 0.2) is 0 Å². The van der Waals surface area contributed by atoms with Crippen molar-refractivity contribution in [2.24, 2.45) is 0 Å². The van der Waals surface area contributed by atoms with E-state index in [-0.39, 0.29) is 0 Å². The van der Waals surface area contributed by atoms with E-state index in [0.717, 1.165) is 0 Å². The van der Waals surface area contributed by atoms with Gasteiger partial charge in [0, 0.05) is 6.54 Å². The minimum Gasteiger partial charge on any atom is -0.304 e. The van der Waals surface area contributed by atoms with Gasteiger partial charge in [-0.2, -0.15) is 0 Å². The monoisotopic (exact) mass is 218 g/mol. The number of para-hydroxylation sites is 1. The molecule has 0 atom stereocenters. The molecule has 0 spiro atoms. The summed E-state index contributed by atoms with van der Waals surface area (Å²) >= 11 is 0. The zero-order valence-electron chi connectivity index (χ0n) is 8.69. The van der Waals surface area contributed by atoms with Crippen LogP contribution in [0, 0.1) is 0 Å². The van der Waals surface area contributed by atoms with Crippen LogP contribution in [0.15, 0.2) is 38.6 Å². The Morgan fingerprint density at radius 3 is 2.50 bits per heavy atom. The van der Waals surface area contributed by atoms with Gasteiger partial charge in [-0.05, 0) is 19.1 Å². The van der Waals surface area contributed by atoms with Gasteiger partial charge in [-0.25, -0.2) is 0 Å². The van der Waals surface area contributed by atoms with E-state index in [1.807, 2.05) is 4.98 Å². The Kier molecular flexibility index (Phi) is 2.44. The van der Waals surface area contributed by atoms with Crippen molar-refractivity contribution in [2.45, 2.75) is 13.5 Å². The topological polar surface area (TPSA) is 71.9 Å². The molecule has 0 fully saturated rings. The molecule has 2 aromatic rings. The fraction of sp³-hybridized carbons (Fsp3) is 0.182. The number of rotatable bonds is 1. The molecule has 0 bridgehead atoms. The van der Waals surface area contributed by atoms with Crippen LogP contribution in [-0.4, -0.2) is 9.55 Å². The molecule has 0 aliphatic rings. The minimum atomic E-state index is -0.886. The second kappa shape index (κ2) is 3.77. The molecule has 0 radical (unpaired) electrons. The highest BCUT2D eigenvalue weighted by molar-refractivity contribution is 5.77. The van der Waals surface area contributed by atoms with E-state index in [4.69, 9.17) is 0 Å². The Morgan fingerprint density at radius 1 is 1.12 bits per heavy atom. The van der Waals surface area contributed by atoms with Crippen LogP contribution >= 0.6 is 0 Å². The predicted octanol–water partition coefficient (Wildman–Crippen LogP) is 0.0699. The molecule has 1 heterocycles. The van der Waals surface area contributed by atoms with E-state index in [1.54, 1.807) is 31.2 Å². The first-order valence-electron chi connectivity index (χ1n) is 4.91. The lowest BCUT2D eigenvalue weighted by molar-refractivity contribution is 0.753. The highest BCUT2D eigenvalue weighted by atomic mass is 16.2. The van der Waals surface area contributed by atoms with E-state index in [0.29, 0.717) is 17.4 Å². The second-order valence-electron chi connectivity index (χ2n) is 3.35. The lowest BCUT2D eigenvalue weighted by Gasteiger charge is -2.00. The fourth-order valence-electron chi connectivity index (χ4n) is 1.67. The molecule has 5 heteroatoms. The van der Waals surface area contributed by atoms with Gasteiger partial charge >= 0.3 is 11.1 Å². The van der Waals surface area contributed by atoms with Crippen LogP contribution in [0.2, 0.25) is 0 Å². The van der Waals surface area contributed by atoms with Crippen molar-refractivity contribution in [1.29, 1.82) is 0 Å². The SMILES string of the molecule is CCn1c(=O)c(=O)[nH]c(=O)c2ccccc21. The van der Waals surface area contributed by atoms with Gasteiger partial charge in [-0.1, -0.05) is 12.1 Å².